The van der Waals surface area contributed by atoms with Crippen LogP contribution in [0, 0.1) is 0 Å². The quantitative estimate of drug-likeness (QED) is 0.790. The van der Waals surface area contributed by atoms with Gasteiger partial charge in [0.1, 0.15) is 5.01 Å². The van der Waals surface area contributed by atoms with E-state index in [-0.39, 0.29) is 0 Å². The maximum absolute atomic E-state index is 4.25. The highest BCUT2D eigenvalue weighted by atomic mass is 32.1. The Morgan fingerprint density at radius 3 is 2.82 bits per heavy atom. The Labute approximate surface area is 107 Å². The minimum Gasteiger partial charge on any atom is -0.310 e. The van der Waals surface area contributed by atoms with Crippen LogP contribution in [0.3, 0.4) is 0 Å². The standard InChI is InChI=1S/C14H18N2S/c1-12(13-5-3-2-4-6-13)7-8-15-11-14-16-9-10-17-14/h2-6,9-10,12,15H,7-8,11H2,1H3. The first kappa shape index (κ1) is 12.3. The molecule has 1 aromatic heterocycles. The molecule has 1 aromatic carbocycles. The third-order valence-corrected chi connectivity index (χ3v) is 3.66. The van der Waals surface area contributed by atoms with Gasteiger partial charge in [0.15, 0.2) is 0 Å². The van der Waals surface area contributed by atoms with Gasteiger partial charge in [-0.25, -0.2) is 4.98 Å². The molecule has 0 spiro atoms. The number of hydrogen-bond acceptors (Lipinski definition) is 3. The average Bonchev–Trinajstić information content (AvgIpc) is 2.88. The fraction of sp³-hybridized carbons (Fsp3) is 0.357. The number of thiazole rings is 1. The summed E-state index contributed by atoms with van der Waals surface area (Å²) in [4.78, 5) is 4.25. The Balaban J connectivity index is 1.68. The smallest absolute Gasteiger partial charge is 0.106 e. The summed E-state index contributed by atoms with van der Waals surface area (Å²) in [5, 5.41) is 6.62. The topological polar surface area (TPSA) is 24.9 Å². The fourth-order valence-electron chi connectivity index (χ4n) is 1.80. The Morgan fingerprint density at radius 1 is 1.29 bits per heavy atom. The predicted octanol–water partition coefficient (Wildman–Crippen LogP) is 3.43. The van der Waals surface area contributed by atoms with Crippen molar-refractivity contribution >= 4 is 11.3 Å². The zero-order valence-corrected chi connectivity index (χ0v) is 10.9. The van der Waals surface area contributed by atoms with Gasteiger partial charge in [-0.15, -0.1) is 11.3 Å². The molecule has 0 aliphatic carbocycles. The zero-order valence-electron chi connectivity index (χ0n) is 10.1. The van der Waals surface area contributed by atoms with E-state index in [1.807, 2.05) is 11.6 Å². The molecule has 2 aromatic rings. The summed E-state index contributed by atoms with van der Waals surface area (Å²) in [6.45, 7) is 4.20. The molecule has 1 N–H and O–H groups in total. The summed E-state index contributed by atoms with van der Waals surface area (Å²) in [6, 6.07) is 10.7. The minimum atomic E-state index is 0.611. The molecule has 0 aliphatic rings. The highest BCUT2D eigenvalue weighted by Gasteiger charge is 2.04. The van der Waals surface area contributed by atoms with Crippen molar-refractivity contribution in [3.05, 3.63) is 52.5 Å². The van der Waals surface area contributed by atoms with Crippen LogP contribution in [0.1, 0.15) is 29.8 Å². The molecule has 0 aliphatic heterocycles. The minimum absolute atomic E-state index is 0.611. The van der Waals surface area contributed by atoms with Gasteiger partial charge in [0.2, 0.25) is 0 Å². The number of aromatic nitrogens is 1. The highest BCUT2D eigenvalue weighted by molar-refractivity contribution is 7.09. The van der Waals surface area contributed by atoms with E-state index in [0.717, 1.165) is 24.5 Å². The van der Waals surface area contributed by atoms with Crippen molar-refractivity contribution in [3.8, 4) is 0 Å². The molecule has 0 saturated heterocycles. The summed E-state index contributed by atoms with van der Waals surface area (Å²) in [5.41, 5.74) is 1.42. The number of hydrogen-bond donors (Lipinski definition) is 1. The van der Waals surface area contributed by atoms with Crippen molar-refractivity contribution in [2.75, 3.05) is 6.54 Å². The van der Waals surface area contributed by atoms with E-state index in [4.69, 9.17) is 0 Å². The number of rotatable bonds is 6. The molecule has 0 radical (unpaired) electrons. The van der Waals surface area contributed by atoms with Gasteiger partial charge in [0.05, 0.1) is 0 Å². The Hall–Kier alpha value is -1.19. The van der Waals surface area contributed by atoms with Crippen molar-refractivity contribution in [3.63, 3.8) is 0 Å². The van der Waals surface area contributed by atoms with E-state index in [1.165, 1.54) is 5.56 Å². The van der Waals surface area contributed by atoms with Crippen LogP contribution in [0.15, 0.2) is 41.9 Å². The average molecular weight is 246 g/mol. The lowest BCUT2D eigenvalue weighted by molar-refractivity contribution is 0.593. The van der Waals surface area contributed by atoms with Gasteiger partial charge < -0.3 is 5.32 Å². The normalized spacial score (nSPS) is 12.5. The number of nitrogens with zero attached hydrogens (tertiary/aromatic N) is 1. The lowest BCUT2D eigenvalue weighted by Crippen LogP contribution is -2.16. The molecule has 17 heavy (non-hydrogen) atoms. The molecular weight excluding hydrogens is 228 g/mol. The largest absolute Gasteiger partial charge is 0.310 e. The van der Waals surface area contributed by atoms with Crippen LogP contribution in [-0.4, -0.2) is 11.5 Å². The Bertz CT molecular complexity index is 411. The van der Waals surface area contributed by atoms with Crippen molar-refractivity contribution in [2.45, 2.75) is 25.8 Å². The van der Waals surface area contributed by atoms with E-state index in [1.54, 1.807) is 11.3 Å². The van der Waals surface area contributed by atoms with Gasteiger partial charge in [0, 0.05) is 18.1 Å². The van der Waals surface area contributed by atoms with Gasteiger partial charge >= 0.3 is 0 Å². The van der Waals surface area contributed by atoms with Crippen LogP contribution < -0.4 is 5.32 Å². The van der Waals surface area contributed by atoms with Crippen molar-refractivity contribution < 1.29 is 0 Å². The molecule has 0 fully saturated rings. The van der Waals surface area contributed by atoms with Crippen LogP contribution in [0.2, 0.25) is 0 Å². The fourth-order valence-corrected chi connectivity index (χ4v) is 2.39. The third-order valence-electron chi connectivity index (χ3n) is 2.88. The molecule has 2 nitrogen and oxygen atoms in total. The first-order chi connectivity index (χ1) is 8.36. The van der Waals surface area contributed by atoms with Crippen molar-refractivity contribution in [2.24, 2.45) is 0 Å². The first-order valence-electron chi connectivity index (χ1n) is 6.00. The molecule has 0 saturated carbocycles. The molecule has 1 heterocycles. The summed E-state index contributed by atoms with van der Waals surface area (Å²) in [6.07, 6.45) is 3.02. The maximum Gasteiger partial charge on any atom is 0.106 e. The van der Waals surface area contributed by atoms with Crippen molar-refractivity contribution in [1.29, 1.82) is 0 Å². The monoisotopic (exact) mass is 246 g/mol. The van der Waals surface area contributed by atoms with E-state index >= 15 is 0 Å². The highest BCUT2D eigenvalue weighted by Crippen LogP contribution is 2.17. The zero-order chi connectivity index (χ0) is 11.9. The molecule has 3 heteroatoms. The molecule has 0 amide bonds. The third kappa shape index (κ3) is 3.95. The lowest BCUT2D eigenvalue weighted by Gasteiger charge is -2.11. The van der Waals surface area contributed by atoms with Gasteiger partial charge in [-0.05, 0) is 24.4 Å². The lowest BCUT2D eigenvalue weighted by atomic mass is 9.98. The van der Waals surface area contributed by atoms with E-state index in [2.05, 4.69) is 47.6 Å². The van der Waals surface area contributed by atoms with Crippen LogP contribution in [0.25, 0.3) is 0 Å². The van der Waals surface area contributed by atoms with E-state index < -0.39 is 0 Å². The van der Waals surface area contributed by atoms with Crippen LogP contribution in [0.4, 0.5) is 0 Å². The summed E-state index contributed by atoms with van der Waals surface area (Å²) >= 11 is 1.70. The second-order valence-corrected chi connectivity index (χ2v) is 5.18. The van der Waals surface area contributed by atoms with Gasteiger partial charge in [0.25, 0.3) is 0 Å². The number of benzene rings is 1. The van der Waals surface area contributed by atoms with Gasteiger partial charge in [-0.1, -0.05) is 37.3 Å². The van der Waals surface area contributed by atoms with Crippen LogP contribution >= 0.6 is 11.3 Å². The summed E-state index contributed by atoms with van der Waals surface area (Å²) in [5.74, 6) is 0.611. The molecular formula is C14H18N2S. The van der Waals surface area contributed by atoms with Gasteiger partial charge in [-0.2, -0.15) is 0 Å². The van der Waals surface area contributed by atoms with E-state index in [0.29, 0.717) is 5.92 Å². The second kappa shape index (κ2) is 6.52. The van der Waals surface area contributed by atoms with Crippen molar-refractivity contribution in [1.82, 2.24) is 10.3 Å². The second-order valence-electron chi connectivity index (χ2n) is 4.20. The molecule has 0 bridgehead atoms. The van der Waals surface area contributed by atoms with Gasteiger partial charge in [-0.3, -0.25) is 0 Å². The van der Waals surface area contributed by atoms with Crippen LogP contribution in [-0.2, 0) is 6.54 Å². The van der Waals surface area contributed by atoms with Crippen LogP contribution in [0.5, 0.6) is 0 Å². The Morgan fingerprint density at radius 2 is 2.12 bits per heavy atom. The molecule has 1 unspecified atom stereocenters. The number of nitrogens with one attached hydrogen (secondary N) is 1. The summed E-state index contributed by atoms with van der Waals surface area (Å²) in [7, 11) is 0. The molecule has 1 atom stereocenters. The van der Waals surface area contributed by atoms with E-state index in [9.17, 15) is 0 Å². The first-order valence-corrected chi connectivity index (χ1v) is 6.88. The maximum atomic E-state index is 4.25. The molecule has 90 valence electrons. The summed E-state index contributed by atoms with van der Waals surface area (Å²) < 4.78 is 0. The predicted molar refractivity (Wildman–Crippen MR) is 73.3 cm³/mol. The Kier molecular flexibility index (Phi) is 4.71. The SMILES string of the molecule is CC(CCNCc1nccs1)c1ccccc1. The molecule has 2 rings (SSSR count).